The molecule has 0 saturated carbocycles. The van der Waals surface area contributed by atoms with E-state index in [0.717, 1.165) is 32.8 Å². The highest BCUT2D eigenvalue weighted by Crippen LogP contribution is 2.08. The third-order valence-corrected chi connectivity index (χ3v) is 2.59. The van der Waals surface area contributed by atoms with E-state index in [1.165, 1.54) is 0 Å². The number of ether oxygens (including phenoxy) is 2. The third-order valence-electron chi connectivity index (χ3n) is 2.59. The van der Waals surface area contributed by atoms with E-state index in [4.69, 9.17) is 9.47 Å². The number of nitrogens with one attached hydrogen (secondary N) is 1. The highest BCUT2D eigenvalue weighted by molar-refractivity contribution is 4.77. The molecule has 0 spiro atoms. The molecule has 1 fully saturated rings. The molecule has 1 aliphatic rings. The van der Waals surface area contributed by atoms with E-state index in [1.807, 2.05) is 7.05 Å². The van der Waals surface area contributed by atoms with Gasteiger partial charge in [-0.05, 0) is 14.0 Å². The van der Waals surface area contributed by atoms with Crippen LogP contribution in [-0.2, 0) is 9.47 Å². The van der Waals surface area contributed by atoms with Crippen molar-refractivity contribution in [3.63, 3.8) is 0 Å². The minimum atomic E-state index is 0.347. The lowest BCUT2D eigenvalue weighted by molar-refractivity contribution is -0.0447. The van der Waals surface area contributed by atoms with E-state index in [9.17, 15) is 0 Å². The Labute approximate surface area is 86.6 Å². The molecule has 0 aromatic rings. The Balaban J connectivity index is 2.39. The van der Waals surface area contributed by atoms with Gasteiger partial charge in [-0.2, -0.15) is 0 Å². The van der Waals surface area contributed by atoms with Crippen LogP contribution in [0, 0.1) is 0 Å². The molecule has 4 nitrogen and oxygen atoms in total. The summed E-state index contributed by atoms with van der Waals surface area (Å²) in [6, 6.07) is 0.469. The van der Waals surface area contributed by atoms with Crippen molar-refractivity contribution < 1.29 is 9.47 Å². The molecular weight excluding hydrogens is 180 g/mol. The number of likely N-dealkylation sites (N-methyl/N-ethyl adjacent to an activating group) is 1. The summed E-state index contributed by atoms with van der Waals surface area (Å²) >= 11 is 0. The molecule has 1 N–H and O–H groups in total. The van der Waals surface area contributed by atoms with Crippen LogP contribution in [0.1, 0.15) is 6.92 Å². The first-order chi connectivity index (χ1) is 6.77. The van der Waals surface area contributed by atoms with Crippen LogP contribution < -0.4 is 5.32 Å². The number of methoxy groups -OCH3 is 1. The average molecular weight is 202 g/mol. The molecular formula is C10H22N2O2. The van der Waals surface area contributed by atoms with Crippen LogP contribution in [0.3, 0.4) is 0 Å². The fourth-order valence-electron chi connectivity index (χ4n) is 1.90. The molecule has 2 unspecified atom stereocenters. The summed E-state index contributed by atoms with van der Waals surface area (Å²) in [5, 5.41) is 3.20. The van der Waals surface area contributed by atoms with Crippen LogP contribution in [0.2, 0.25) is 0 Å². The van der Waals surface area contributed by atoms with Gasteiger partial charge in [0.25, 0.3) is 0 Å². The summed E-state index contributed by atoms with van der Waals surface area (Å²) < 4.78 is 10.7. The molecule has 0 radical (unpaired) electrons. The number of hydrogen-bond donors (Lipinski definition) is 1. The standard InChI is InChI=1S/C10H22N2O2/c1-9-7-12(4-5-14-9)10(6-11-2)8-13-3/h9-11H,4-8H2,1-3H3. The quantitative estimate of drug-likeness (QED) is 0.677. The number of morpholine rings is 1. The Morgan fingerprint density at radius 2 is 2.43 bits per heavy atom. The van der Waals surface area contributed by atoms with Crippen molar-refractivity contribution in [1.29, 1.82) is 0 Å². The predicted molar refractivity (Wildman–Crippen MR) is 56.6 cm³/mol. The molecule has 0 bridgehead atoms. The highest BCUT2D eigenvalue weighted by Gasteiger charge is 2.23. The fraction of sp³-hybridized carbons (Fsp3) is 1.00. The monoisotopic (exact) mass is 202 g/mol. The molecule has 14 heavy (non-hydrogen) atoms. The minimum absolute atomic E-state index is 0.347. The van der Waals surface area contributed by atoms with Crippen molar-refractivity contribution in [3.05, 3.63) is 0 Å². The van der Waals surface area contributed by atoms with Gasteiger partial charge in [-0.15, -0.1) is 0 Å². The lowest BCUT2D eigenvalue weighted by atomic mass is 10.2. The van der Waals surface area contributed by atoms with E-state index < -0.39 is 0 Å². The molecule has 84 valence electrons. The summed E-state index contributed by atoms with van der Waals surface area (Å²) in [5.41, 5.74) is 0. The zero-order valence-corrected chi connectivity index (χ0v) is 9.45. The molecule has 0 aromatic carbocycles. The van der Waals surface area contributed by atoms with Gasteiger partial charge in [0.15, 0.2) is 0 Å². The van der Waals surface area contributed by atoms with Crippen LogP contribution in [0.4, 0.5) is 0 Å². The van der Waals surface area contributed by atoms with Crippen LogP contribution >= 0.6 is 0 Å². The first-order valence-electron chi connectivity index (χ1n) is 5.27. The first kappa shape index (κ1) is 11.9. The third kappa shape index (κ3) is 3.53. The molecule has 4 heteroatoms. The van der Waals surface area contributed by atoms with Crippen LogP contribution in [0.25, 0.3) is 0 Å². The summed E-state index contributed by atoms with van der Waals surface area (Å²) in [6.45, 7) is 6.74. The number of nitrogens with zero attached hydrogens (tertiary/aromatic N) is 1. The SMILES string of the molecule is CNCC(COC)N1CCOC(C)C1. The van der Waals surface area contributed by atoms with Crippen molar-refractivity contribution >= 4 is 0 Å². The topological polar surface area (TPSA) is 33.7 Å². The Kier molecular flexibility index (Phi) is 5.40. The Morgan fingerprint density at radius 1 is 1.64 bits per heavy atom. The van der Waals surface area contributed by atoms with Crippen LogP contribution in [0.5, 0.6) is 0 Å². The van der Waals surface area contributed by atoms with Gasteiger partial charge in [0, 0.05) is 32.8 Å². The fourth-order valence-corrected chi connectivity index (χ4v) is 1.90. The minimum Gasteiger partial charge on any atom is -0.383 e. The average Bonchev–Trinajstić information content (AvgIpc) is 2.17. The largest absolute Gasteiger partial charge is 0.383 e. The highest BCUT2D eigenvalue weighted by atomic mass is 16.5. The predicted octanol–water partition coefficient (Wildman–Crippen LogP) is -0.0585. The van der Waals surface area contributed by atoms with Gasteiger partial charge in [0.1, 0.15) is 0 Å². The zero-order valence-electron chi connectivity index (χ0n) is 9.45. The van der Waals surface area contributed by atoms with Gasteiger partial charge < -0.3 is 14.8 Å². The molecule has 1 heterocycles. The van der Waals surface area contributed by atoms with Crippen molar-refractivity contribution in [3.8, 4) is 0 Å². The Bertz CT molecular complexity index is 146. The smallest absolute Gasteiger partial charge is 0.0674 e. The van der Waals surface area contributed by atoms with Crippen molar-refractivity contribution in [2.45, 2.75) is 19.1 Å². The summed E-state index contributed by atoms with van der Waals surface area (Å²) in [5.74, 6) is 0. The van der Waals surface area contributed by atoms with Crippen molar-refractivity contribution in [2.75, 3.05) is 47.0 Å². The summed E-state index contributed by atoms with van der Waals surface area (Å²) in [7, 11) is 3.74. The van der Waals surface area contributed by atoms with Gasteiger partial charge in [-0.25, -0.2) is 0 Å². The van der Waals surface area contributed by atoms with Gasteiger partial charge >= 0.3 is 0 Å². The van der Waals surface area contributed by atoms with Gasteiger partial charge in [0.05, 0.1) is 19.3 Å². The Hall–Kier alpha value is -0.160. The normalized spacial score (nSPS) is 26.4. The molecule has 1 rings (SSSR count). The van der Waals surface area contributed by atoms with Crippen LogP contribution in [0.15, 0.2) is 0 Å². The zero-order chi connectivity index (χ0) is 10.4. The Morgan fingerprint density at radius 3 is 3.00 bits per heavy atom. The van der Waals surface area contributed by atoms with E-state index in [-0.39, 0.29) is 0 Å². The molecule has 0 amide bonds. The van der Waals surface area contributed by atoms with E-state index >= 15 is 0 Å². The second-order valence-electron chi connectivity index (χ2n) is 3.84. The summed E-state index contributed by atoms with van der Waals surface area (Å²) in [6.07, 6.45) is 0.347. The van der Waals surface area contributed by atoms with Crippen LogP contribution in [-0.4, -0.2) is 64.1 Å². The second kappa shape index (κ2) is 6.35. The van der Waals surface area contributed by atoms with Gasteiger partial charge in [0.2, 0.25) is 0 Å². The van der Waals surface area contributed by atoms with Gasteiger partial charge in [-0.1, -0.05) is 0 Å². The van der Waals surface area contributed by atoms with Crippen molar-refractivity contribution in [1.82, 2.24) is 10.2 Å². The first-order valence-corrected chi connectivity index (χ1v) is 5.27. The lowest BCUT2D eigenvalue weighted by Gasteiger charge is -2.36. The van der Waals surface area contributed by atoms with E-state index in [1.54, 1.807) is 7.11 Å². The number of rotatable bonds is 5. The molecule has 0 aliphatic carbocycles. The van der Waals surface area contributed by atoms with E-state index in [2.05, 4.69) is 17.1 Å². The van der Waals surface area contributed by atoms with Crippen molar-refractivity contribution in [2.24, 2.45) is 0 Å². The lowest BCUT2D eigenvalue weighted by Crippen LogP contribution is -2.51. The molecule has 2 atom stereocenters. The maximum absolute atomic E-state index is 5.51. The maximum atomic E-state index is 5.51. The van der Waals surface area contributed by atoms with Gasteiger partial charge in [-0.3, -0.25) is 4.90 Å². The maximum Gasteiger partial charge on any atom is 0.0674 e. The van der Waals surface area contributed by atoms with E-state index in [0.29, 0.717) is 12.1 Å². The summed E-state index contributed by atoms with van der Waals surface area (Å²) in [4.78, 5) is 2.44. The number of hydrogen-bond acceptors (Lipinski definition) is 4. The molecule has 0 aromatic heterocycles. The second-order valence-corrected chi connectivity index (χ2v) is 3.84. The molecule has 1 saturated heterocycles. The molecule has 1 aliphatic heterocycles.